The smallest absolute Gasteiger partial charge is 0.322 e. The molecule has 184 valence electrons. The van der Waals surface area contributed by atoms with E-state index in [1.54, 1.807) is 6.92 Å². The van der Waals surface area contributed by atoms with Gasteiger partial charge < -0.3 is 9.47 Å². The third-order valence-electron chi connectivity index (χ3n) is 4.82. The standard InChI is InChI=1S/C13H24O3S.C11H22O2S/c1-5-7-8-9-10-13(4,17-11(3)14)12(15)16-6-2;1-4-6-7-8-9-11(3,14)10(12)13-5-2/h5-10H2,1-4H3;14H,4-9H2,1-3H3/t13-;11-/m11/s1. The molecular weight excluding hydrogens is 432 g/mol. The Morgan fingerprint density at radius 3 is 1.61 bits per heavy atom. The molecular formula is C24H46O5S2. The Morgan fingerprint density at radius 2 is 1.19 bits per heavy atom. The van der Waals surface area contributed by atoms with Gasteiger partial charge in [-0.1, -0.05) is 77.0 Å². The second-order valence-electron chi connectivity index (χ2n) is 8.16. The Labute approximate surface area is 200 Å². The highest BCUT2D eigenvalue weighted by molar-refractivity contribution is 8.15. The summed E-state index contributed by atoms with van der Waals surface area (Å²) in [5.74, 6) is -0.462. The van der Waals surface area contributed by atoms with E-state index >= 15 is 0 Å². The lowest BCUT2D eigenvalue weighted by atomic mass is 10.0. The quantitative estimate of drug-likeness (QED) is 0.159. The largest absolute Gasteiger partial charge is 0.465 e. The number of carbonyl (C=O) groups excluding carboxylic acids is 3. The number of thioether (sulfide) groups is 1. The average molecular weight is 479 g/mol. The van der Waals surface area contributed by atoms with Crippen LogP contribution >= 0.6 is 24.4 Å². The van der Waals surface area contributed by atoms with E-state index in [-0.39, 0.29) is 17.1 Å². The molecule has 31 heavy (non-hydrogen) atoms. The zero-order chi connectivity index (χ0) is 24.3. The van der Waals surface area contributed by atoms with Crippen molar-refractivity contribution in [2.24, 2.45) is 0 Å². The van der Waals surface area contributed by atoms with E-state index in [0.29, 0.717) is 19.6 Å². The molecule has 0 unspecified atom stereocenters. The molecule has 0 amide bonds. The molecule has 0 fully saturated rings. The summed E-state index contributed by atoms with van der Waals surface area (Å²) < 4.78 is 8.68. The van der Waals surface area contributed by atoms with Crippen LogP contribution in [0, 0.1) is 0 Å². The maximum atomic E-state index is 11.9. The van der Waals surface area contributed by atoms with Gasteiger partial charge in [0.2, 0.25) is 0 Å². The predicted molar refractivity (Wildman–Crippen MR) is 135 cm³/mol. The fraction of sp³-hybridized carbons (Fsp3) is 0.875. The van der Waals surface area contributed by atoms with Gasteiger partial charge in [-0.15, -0.1) is 0 Å². The molecule has 0 saturated carbocycles. The Hall–Kier alpha value is -0.690. The molecule has 2 atom stereocenters. The lowest BCUT2D eigenvalue weighted by molar-refractivity contribution is -0.146. The van der Waals surface area contributed by atoms with Crippen LogP contribution in [0.25, 0.3) is 0 Å². The summed E-state index contributed by atoms with van der Waals surface area (Å²) in [6.07, 6.45) is 10.6. The zero-order valence-corrected chi connectivity index (χ0v) is 22.6. The van der Waals surface area contributed by atoms with Crippen LogP contribution in [0.1, 0.15) is 113 Å². The number of esters is 2. The number of hydrogen-bond acceptors (Lipinski definition) is 7. The van der Waals surface area contributed by atoms with Crippen LogP contribution in [0.15, 0.2) is 0 Å². The van der Waals surface area contributed by atoms with Crippen molar-refractivity contribution < 1.29 is 23.9 Å². The highest BCUT2D eigenvalue weighted by Crippen LogP contribution is 2.33. The number of carbonyl (C=O) groups is 3. The van der Waals surface area contributed by atoms with Crippen LogP contribution in [0.2, 0.25) is 0 Å². The molecule has 0 saturated heterocycles. The molecule has 5 nitrogen and oxygen atoms in total. The zero-order valence-electron chi connectivity index (χ0n) is 20.9. The first-order valence-corrected chi connectivity index (χ1v) is 13.0. The Kier molecular flexibility index (Phi) is 19.7. The van der Waals surface area contributed by atoms with Gasteiger partial charge in [0, 0.05) is 6.92 Å². The normalized spacial score (nSPS) is 14.5. The van der Waals surface area contributed by atoms with Crippen LogP contribution < -0.4 is 0 Å². The molecule has 0 aromatic heterocycles. The summed E-state index contributed by atoms with van der Waals surface area (Å²) in [4.78, 5) is 34.5. The van der Waals surface area contributed by atoms with Crippen molar-refractivity contribution in [3.8, 4) is 0 Å². The summed E-state index contributed by atoms with van der Waals surface area (Å²) in [5.41, 5.74) is 0. The maximum absolute atomic E-state index is 11.9. The van der Waals surface area contributed by atoms with E-state index in [4.69, 9.17) is 9.47 Å². The topological polar surface area (TPSA) is 69.7 Å². The van der Waals surface area contributed by atoms with E-state index in [1.807, 2.05) is 20.8 Å². The Balaban J connectivity index is 0. The Morgan fingerprint density at radius 1 is 0.742 bits per heavy atom. The molecule has 0 aromatic rings. The van der Waals surface area contributed by atoms with E-state index in [0.717, 1.165) is 43.9 Å². The van der Waals surface area contributed by atoms with Crippen molar-refractivity contribution in [1.82, 2.24) is 0 Å². The van der Waals surface area contributed by atoms with E-state index < -0.39 is 9.49 Å². The lowest BCUT2D eigenvalue weighted by Crippen LogP contribution is -2.34. The maximum Gasteiger partial charge on any atom is 0.322 e. The first-order chi connectivity index (χ1) is 14.5. The van der Waals surface area contributed by atoms with E-state index in [1.165, 1.54) is 32.6 Å². The van der Waals surface area contributed by atoms with Crippen LogP contribution in [-0.2, 0) is 23.9 Å². The fourth-order valence-corrected chi connectivity index (χ4v) is 4.22. The molecule has 0 bridgehead atoms. The minimum absolute atomic E-state index is 0.0314. The highest BCUT2D eigenvalue weighted by Gasteiger charge is 2.36. The Bertz CT molecular complexity index is 508. The van der Waals surface area contributed by atoms with Gasteiger partial charge in [-0.2, -0.15) is 12.6 Å². The monoisotopic (exact) mass is 478 g/mol. The van der Waals surface area contributed by atoms with Gasteiger partial charge in [-0.05, 0) is 40.5 Å². The van der Waals surface area contributed by atoms with Crippen LogP contribution in [0.5, 0.6) is 0 Å². The van der Waals surface area contributed by atoms with Crippen molar-refractivity contribution in [2.45, 2.75) is 122 Å². The molecule has 0 aliphatic carbocycles. The van der Waals surface area contributed by atoms with Crippen molar-refractivity contribution in [3.05, 3.63) is 0 Å². The fourth-order valence-electron chi connectivity index (χ4n) is 2.97. The van der Waals surface area contributed by atoms with Crippen molar-refractivity contribution in [1.29, 1.82) is 0 Å². The number of rotatable bonds is 15. The van der Waals surface area contributed by atoms with Gasteiger partial charge in [0.1, 0.15) is 9.49 Å². The summed E-state index contributed by atoms with van der Waals surface area (Å²) in [5, 5.41) is -0.0314. The first-order valence-electron chi connectivity index (χ1n) is 11.8. The van der Waals surface area contributed by atoms with E-state index in [9.17, 15) is 14.4 Å². The van der Waals surface area contributed by atoms with Crippen LogP contribution in [-0.4, -0.2) is 39.8 Å². The van der Waals surface area contributed by atoms with Gasteiger partial charge in [0.05, 0.1) is 13.2 Å². The van der Waals surface area contributed by atoms with Gasteiger partial charge in [-0.3, -0.25) is 14.4 Å². The van der Waals surface area contributed by atoms with Crippen LogP contribution in [0.3, 0.4) is 0 Å². The number of ether oxygens (including phenoxy) is 2. The molecule has 0 rings (SSSR count). The SMILES string of the molecule is CCCCCC[C@@](C)(S)C(=O)OCC.CCCCCC[C@@](C)(SC(C)=O)C(=O)OCC. The molecule has 0 heterocycles. The minimum atomic E-state index is -0.713. The number of unbranched alkanes of at least 4 members (excludes halogenated alkanes) is 6. The first kappa shape index (κ1) is 32.5. The predicted octanol–water partition coefficient (Wildman–Crippen LogP) is 6.77. The third-order valence-corrected chi connectivity index (χ3v) is 6.33. The van der Waals surface area contributed by atoms with Crippen molar-refractivity contribution in [3.63, 3.8) is 0 Å². The molecule has 7 heteroatoms. The van der Waals surface area contributed by atoms with Crippen molar-refractivity contribution in [2.75, 3.05) is 13.2 Å². The van der Waals surface area contributed by atoms with Gasteiger partial charge in [-0.25, -0.2) is 0 Å². The summed E-state index contributed by atoms with van der Waals surface area (Å²) in [6, 6.07) is 0. The van der Waals surface area contributed by atoms with Crippen LogP contribution in [0.4, 0.5) is 0 Å². The lowest BCUT2D eigenvalue weighted by Gasteiger charge is -2.25. The average Bonchev–Trinajstić information content (AvgIpc) is 2.69. The second kappa shape index (κ2) is 18.8. The minimum Gasteiger partial charge on any atom is -0.465 e. The third kappa shape index (κ3) is 16.6. The molecule has 0 spiro atoms. The van der Waals surface area contributed by atoms with E-state index in [2.05, 4.69) is 26.5 Å². The van der Waals surface area contributed by atoms with Crippen molar-refractivity contribution >= 4 is 41.4 Å². The molecule has 0 aliphatic rings. The molecule has 0 aliphatic heterocycles. The number of thiol groups is 1. The summed E-state index contributed by atoms with van der Waals surface area (Å²) in [7, 11) is 0. The molecule has 0 N–H and O–H groups in total. The number of hydrogen-bond donors (Lipinski definition) is 1. The second-order valence-corrected chi connectivity index (χ2v) is 10.8. The van der Waals surface area contributed by atoms with Gasteiger partial charge >= 0.3 is 11.9 Å². The summed E-state index contributed by atoms with van der Waals surface area (Å²) >= 11 is 5.44. The summed E-state index contributed by atoms with van der Waals surface area (Å²) in [6.45, 7) is 13.9. The molecule has 0 aromatic carbocycles. The molecule has 0 radical (unpaired) electrons. The van der Waals surface area contributed by atoms with Gasteiger partial charge in [0.25, 0.3) is 0 Å². The van der Waals surface area contributed by atoms with Gasteiger partial charge in [0.15, 0.2) is 5.12 Å². The highest BCUT2D eigenvalue weighted by atomic mass is 32.2.